The van der Waals surface area contributed by atoms with Crippen LogP contribution >= 0.6 is 0 Å². The van der Waals surface area contributed by atoms with Crippen LogP contribution in [-0.4, -0.2) is 37.2 Å². The number of unbranched alkanes of at least 4 members (excludes halogenated alkanes) is 10. The number of rotatable bonds is 38. The molecule has 0 amide bonds. The number of ether oxygens (including phenoxy) is 3. The molecule has 60 heavy (non-hydrogen) atoms. The SMILES string of the molecule is CC\C=C/C=C\C=C/C=C\C=C\C=C/C=C\CCCCCC(=O)OCC(COC(=O)CCCCC/C=C\C=C/CCCC)OC(=O)CCCC/C=C\C/C=C\C/C=C\CC. The number of carbonyl (C=O) groups is 3. The number of allylic oxidation sites excluding steroid dienone is 24. The molecule has 0 saturated heterocycles. The first kappa shape index (κ1) is 55.3. The van der Waals surface area contributed by atoms with Crippen molar-refractivity contribution in [2.75, 3.05) is 13.2 Å². The smallest absolute Gasteiger partial charge is 0.306 e. The maximum absolute atomic E-state index is 12.7. The zero-order valence-electron chi connectivity index (χ0n) is 37.6. The van der Waals surface area contributed by atoms with E-state index in [4.69, 9.17) is 14.2 Å². The van der Waals surface area contributed by atoms with Crippen LogP contribution in [-0.2, 0) is 28.6 Å². The Morgan fingerprint density at radius 1 is 0.367 bits per heavy atom. The van der Waals surface area contributed by atoms with Crippen molar-refractivity contribution in [3.8, 4) is 0 Å². The topological polar surface area (TPSA) is 78.9 Å². The summed E-state index contributed by atoms with van der Waals surface area (Å²) < 4.78 is 16.6. The zero-order valence-corrected chi connectivity index (χ0v) is 37.6. The summed E-state index contributed by atoms with van der Waals surface area (Å²) in [6, 6.07) is 0. The highest BCUT2D eigenvalue weighted by molar-refractivity contribution is 5.71. The molecule has 0 aromatic heterocycles. The van der Waals surface area contributed by atoms with Crippen LogP contribution in [0.15, 0.2) is 146 Å². The van der Waals surface area contributed by atoms with E-state index >= 15 is 0 Å². The first-order chi connectivity index (χ1) is 29.5. The van der Waals surface area contributed by atoms with E-state index in [0.29, 0.717) is 19.3 Å². The Bertz CT molecular complexity index is 1410. The monoisotopic (exact) mass is 825 g/mol. The van der Waals surface area contributed by atoms with Crippen molar-refractivity contribution < 1.29 is 28.6 Å². The number of carbonyl (C=O) groups excluding carboxylic acids is 3. The molecular weight excluding hydrogens is 745 g/mol. The number of hydrogen-bond acceptors (Lipinski definition) is 6. The van der Waals surface area contributed by atoms with Crippen LogP contribution in [0.1, 0.15) is 156 Å². The molecule has 1 atom stereocenters. The molecular formula is C54H80O6. The van der Waals surface area contributed by atoms with Gasteiger partial charge in [-0.25, -0.2) is 0 Å². The summed E-state index contributed by atoms with van der Waals surface area (Å²) in [5.41, 5.74) is 0. The largest absolute Gasteiger partial charge is 0.462 e. The Morgan fingerprint density at radius 2 is 0.733 bits per heavy atom. The van der Waals surface area contributed by atoms with Gasteiger partial charge in [0, 0.05) is 19.3 Å². The third-order valence-electron chi connectivity index (χ3n) is 8.78. The lowest BCUT2D eigenvalue weighted by Crippen LogP contribution is -2.30. The fourth-order valence-corrected chi connectivity index (χ4v) is 5.35. The van der Waals surface area contributed by atoms with Gasteiger partial charge >= 0.3 is 17.9 Å². The van der Waals surface area contributed by atoms with Crippen LogP contribution in [0.2, 0.25) is 0 Å². The van der Waals surface area contributed by atoms with Gasteiger partial charge in [-0.3, -0.25) is 14.4 Å². The predicted molar refractivity (Wildman–Crippen MR) is 255 cm³/mol. The van der Waals surface area contributed by atoms with Crippen LogP contribution in [0, 0.1) is 0 Å². The quantitative estimate of drug-likeness (QED) is 0.0203. The van der Waals surface area contributed by atoms with Crippen molar-refractivity contribution in [3.63, 3.8) is 0 Å². The molecule has 0 spiro atoms. The highest BCUT2D eigenvalue weighted by Crippen LogP contribution is 2.10. The van der Waals surface area contributed by atoms with Crippen molar-refractivity contribution in [2.45, 2.75) is 162 Å². The van der Waals surface area contributed by atoms with E-state index in [9.17, 15) is 14.4 Å². The summed E-state index contributed by atoms with van der Waals surface area (Å²) >= 11 is 0. The van der Waals surface area contributed by atoms with Gasteiger partial charge in [-0.15, -0.1) is 0 Å². The number of hydrogen-bond donors (Lipinski definition) is 0. The zero-order chi connectivity index (χ0) is 43.7. The van der Waals surface area contributed by atoms with Crippen LogP contribution in [0.4, 0.5) is 0 Å². The van der Waals surface area contributed by atoms with Gasteiger partial charge in [0.05, 0.1) is 0 Å². The fraction of sp³-hybridized carbons (Fsp3) is 0.500. The predicted octanol–water partition coefficient (Wildman–Crippen LogP) is 14.9. The lowest BCUT2D eigenvalue weighted by Gasteiger charge is -2.18. The maximum Gasteiger partial charge on any atom is 0.306 e. The van der Waals surface area contributed by atoms with Gasteiger partial charge in [0.25, 0.3) is 0 Å². The van der Waals surface area contributed by atoms with Gasteiger partial charge < -0.3 is 14.2 Å². The first-order valence-electron chi connectivity index (χ1n) is 23.0. The standard InChI is InChI=1S/C54H80O6/c1-4-7-10-13-16-19-22-24-25-26-27-28-29-30-33-35-38-41-44-47-53(56)59-50-51(49-58-52(55)46-43-40-37-34-31-21-18-15-12-9-6-3)60-54(57)48-45-42-39-36-32-23-20-17-14-11-8-5-2/h7-8,10-11,13,15-22,24-33,36,51H,4-6,9,12,14,23,34-35,37-50H2,1-3H3/b10-7-,11-8-,16-13-,18-15-,20-17-,22-19-,25-24-,27-26+,29-28-,31-21-,33-30-,36-32-. The molecule has 0 radical (unpaired) electrons. The Balaban J connectivity index is 4.59. The van der Waals surface area contributed by atoms with Crippen molar-refractivity contribution in [1.29, 1.82) is 0 Å². The first-order valence-corrected chi connectivity index (χ1v) is 23.0. The summed E-state index contributed by atoms with van der Waals surface area (Å²) in [7, 11) is 0. The molecule has 6 nitrogen and oxygen atoms in total. The van der Waals surface area contributed by atoms with E-state index in [1.54, 1.807) is 0 Å². The minimum Gasteiger partial charge on any atom is -0.462 e. The van der Waals surface area contributed by atoms with Crippen LogP contribution in [0.5, 0.6) is 0 Å². The van der Waals surface area contributed by atoms with E-state index < -0.39 is 6.10 Å². The summed E-state index contributed by atoms with van der Waals surface area (Å²) in [4.78, 5) is 37.7. The Morgan fingerprint density at radius 3 is 1.23 bits per heavy atom. The molecule has 0 rings (SSSR count). The van der Waals surface area contributed by atoms with E-state index in [1.165, 1.54) is 12.8 Å². The second kappa shape index (κ2) is 47.0. The highest BCUT2D eigenvalue weighted by Gasteiger charge is 2.19. The van der Waals surface area contributed by atoms with Crippen molar-refractivity contribution >= 4 is 17.9 Å². The Kier molecular flexibility index (Phi) is 43.3. The third kappa shape index (κ3) is 44.4. The average molecular weight is 825 g/mol. The van der Waals surface area contributed by atoms with E-state index in [-0.39, 0.29) is 44.0 Å². The van der Waals surface area contributed by atoms with Gasteiger partial charge in [-0.1, -0.05) is 192 Å². The lowest BCUT2D eigenvalue weighted by molar-refractivity contribution is -0.167. The van der Waals surface area contributed by atoms with Crippen LogP contribution < -0.4 is 0 Å². The summed E-state index contributed by atoms with van der Waals surface area (Å²) in [5, 5.41) is 0. The normalized spacial score (nSPS) is 13.4. The third-order valence-corrected chi connectivity index (χ3v) is 8.78. The molecule has 6 heteroatoms. The van der Waals surface area contributed by atoms with E-state index in [2.05, 4.69) is 93.7 Å². The molecule has 0 aliphatic rings. The highest BCUT2D eigenvalue weighted by atomic mass is 16.6. The van der Waals surface area contributed by atoms with Crippen LogP contribution in [0.25, 0.3) is 0 Å². The van der Waals surface area contributed by atoms with Gasteiger partial charge in [-0.05, 0) is 89.9 Å². The van der Waals surface area contributed by atoms with E-state index in [1.807, 2.05) is 72.9 Å². The molecule has 332 valence electrons. The molecule has 0 aromatic carbocycles. The van der Waals surface area contributed by atoms with Gasteiger partial charge in [0.15, 0.2) is 6.10 Å². The minimum absolute atomic E-state index is 0.130. The lowest BCUT2D eigenvalue weighted by atomic mass is 10.1. The molecule has 1 unspecified atom stereocenters. The van der Waals surface area contributed by atoms with E-state index in [0.717, 1.165) is 89.9 Å². The summed E-state index contributed by atoms with van der Waals surface area (Å²) in [5.74, 6) is -1.06. The number of esters is 3. The van der Waals surface area contributed by atoms with Crippen molar-refractivity contribution in [2.24, 2.45) is 0 Å². The molecule has 0 aromatic rings. The van der Waals surface area contributed by atoms with Gasteiger partial charge in [0.1, 0.15) is 13.2 Å². The van der Waals surface area contributed by atoms with Gasteiger partial charge in [-0.2, -0.15) is 0 Å². The molecule has 0 aliphatic carbocycles. The van der Waals surface area contributed by atoms with Crippen LogP contribution in [0.3, 0.4) is 0 Å². The van der Waals surface area contributed by atoms with Crippen molar-refractivity contribution in [1.82, 2.24) is 0 Å². The summed E-state index contributed by atoms with van der Waals surface area (Å²) in [6.07, 6.45) is 66.9. The molecule has 0 heterocycles. The fourth-order valence-electron chi connectivity index (χ4n) is 5.35. The minimum atomic E-state index is -0.832. The summed E-state index contributed by atoms with van der Waals surface area (Å²) in [6.45, 7) is 6.17. The molecule has 0 fully saturated rings. The molecule has 0 N–H and O–H groups in total. The molecule has 0 bridgehead atoms. The van der Waals surface area contributed by atoms with Gasteiger partial charge in [0.2, 0.25) is 0 Å². The van der Waals surface area contributed by atoms with Crippen molar-refractivity contribution in [3.05, 3.63) is 146 Å². The Labute approximate surface area is 366 Å². The average Bonchev–Trinajstić information content (AvgIpc) is 3.24. The second-order valence-corrected chi connectivity index (χ2v) is 14.4. The second-order valence-electron chi connectivity index (χ2n) is 14.4. The Hall–Kier alpha value is -4.71. The molecule has 0 saturated carbocycles. The maximum atomic E-state index is 12.7. The molecule has 0 aliphatic heterocycles.